The van der Waals surface area contributed by atoms with Gasteiger partial charge in [-0.15, -0.1) is 0 Å². The van der Waals surface area contributed by atoms with Crippen molar-refractivity contribution >= 4 is 17.3 Å². The second-order valence-corrected chi connectivity index (χ2v) is 4.73. The first-order valence-corrected chi connectivity index (χ1v) is 6.51. The fourth-order valence-corrected chi connectivity index (χ4v) is 2.30. The monoisotopic (exact) mass is 298 g/mol. The second-order valence-electron chi connectivity index (χ2n) is 4.73. The Bertz CT molecular complexity index is 578. The average molecular weight is 298 g/mol. The Morgan fingerprint density at radius 1 is 1.62 bits per heavy atom. The molecule has 0 spiro atoms. The first kappa shape index (κ1) is 15.2. The van der Waals surface area contributed by atoms with Crippen LogP contribution < -0.4 is 4.90 Å². The number of hydrogen-bond acceptors (Lipinski definition) is 5. The summed E-state index contributed by atoms with van der Waals surface area (Å²) in [6, 6.07) is 1.68. The van der Waals surface area contributed by atoms with E-state index in [-0.39, 0.29) is 11.8 Å². The van der Waals surface area contributed by atoms with Crippen LogP contribution in [0.4, 0.5) is 15.8 Å². The van der Waals surface area contributed by atoms with E-state index in [2.05, 4.69) is 0 Å². The van der Waals surface area contributed by atoms with Crippen LogP contribution >= 0.6 is 0 Å². The first-order chi connectivity index (χ1) is 9.93. The van der Waals surface area contributed by atoms with Gasteiger partial charge >= 0.3 is 5.97 Å². The molecule has 0 saturated carbocycles. The summed E-state index contributed by atoms with van der Waals surface area (Å²) < 4.78 is 19.1. The molecule has 0 radical (unpaired) electrons. The normalized spacial score (nSPS) is 18.6. The zero-order chi connectivity index (χ0) is 15.6. The van der Waals surface area contributed by atoms with Crippen LogP contribution in [0.25, 0.3) is 0 Å². The minimum atomic E-state index is -1.45. The molecular weight excluding hydrogens is 283 g/mol. The lowest BCUT2D eigenvalue weighted by molar-refractivity contribution is -0.384. The minimum absolute atomic E-state index is 0.0864. The smallest absolute Gasteiger partial charge is 0.338 e. The van der Waals surface area contributed by atoms with Crippen LogP contribution in [0.15, 0.2) is 12.1 Å². The molecule has 0 aliphatic carbocycles. The number of carboxylic acid groups (broad SMARTS) is 1. The maximum atomic E-state index is 13.6. The Kier molecular flexibility index (Phi) is 4.37. The van der Waals surface area contributed by atoms with Gasteiger partial charge in [-0.05, 0) is 12.5 Å². The summed E-state index contributed by atoms with van der Waals surface area (Å²) in [7, 11) is 0. The number of nitrogens with zero attached hydrogens (tertiary/aromatic N) is 2. The highest BCUT2D eigenvalue weighted by Gasteiger charge is 2.28. The molecule has 8 heteroatoms. The van der Waals surface area contributed by atoms with Crippen molar-refractivity contribution in [2.75, 3.05) is 24.6 Å². The number of carbonyl (C=O) groups is 1. The molecule has 1 aromatic rings. The van der Waals surface area contributed by atoms with Crippen molar-refractivity contribution in [1.29, 1.82) is 0 Å². The highest BCUT2D eigenvalue weighted by molar-refractivity contribution is 5.90. The van der Waals surface area contributed by atoms with Crippen LogP contribution in [-0.2, 0) is 4.74 Å². The van der Waals surface area contributed by atoms with E-state index in [9.17, 15) is 19.3 Å². The topological polar surface area (TPSA) is 92.9 Å². The Balaban J connectivity index is 2.46. The zero-order valence-electron chi connectivity index (χ0n) is 11.4. The van der Waals surface area contributed by atoms with Crippen LogP contribution in [0.5, 0.6) is 0 Å². The van der Waals surface area contributed by atoms with Crippen LogP contribution in [0, 0.1) is 15.9 Å². The van der Waals surface area contributed by atoms with Crippen molar-refractivity contribution in [3.63, 3.8) is 0 Å². The lowest BCUT2D eigenvalue weighted by atomic mass is 10.1. The van der Waals surface area contributed by atoms with Crippen molar-refractivity contribution in [3.8, 4) is 0 Å². The second kappa shape index (κ2) is 6.04. The summed E-state index contributed by atoms with van der Waals surface area (Å²) in [6.07, 6.45) is 0.647. The van der Waals surface area contributed by atoms with E-state index in [1.165, 1.54) is 0 Å². The summed E-state index contributed by atoms with van der Waals surface area (Å²) in [5, 5.41) is 20.0. The van der Waals surface area contributed by atoms with Crippen molar-refractivity contribution in [2.45, 2.75) is 19.4 Å². The summed E-state index contributed by atoms with van der Waals surface area (Å²) in [5.41, 5.74) is -0.898. The SMILES string of the molecule is CCC1CN(c2cc(C(=O)O)c(F)cc2[N+](=O)[O-])CCO1. The standard InChI is InChI=1S/C13H15FN2O5/c1-2-8-7-15(3-4-21-8)11-5-9(13(17)18)10(14)6-12(11)16(19)20/h5-6,8H,2-4,7H2,1H3,(H,17,18). The van der Waals surface area contributed by atoms with Crippen molar-refractivity contribution in [3.05, 3.63) is 33.6 Å². The number of benzene rings is 1. The van der Waals surface area contributed by atoms with Gasteiger partial charge in [0.25, 0.3) is 5.69 Å². The van der Waals surface area contributed by atoms with Gasteiger partial charge in [0, 0.05) is 13.1 Å². The van der Waals surface area contributed by atoms with Crippen molar-refractivity contribution < 1.29 is 24.0 Å². The molecule has 0 aromatic heterocycles. The molecule has 2 rings (SSSR count). The fraction of sp³-hybridized carbons (Fsp3) is 0.462. The average Bonchev–Trinajstić information content (AvgIpc) is 2.46. The molecule has 7 nitrogen and oxygen atoms in total. The molecule has 1 saturated heterocycles. The first-order valence-electron chi connectivity index (χ1n) is 6.51. The summed E-state index contributed by atoms with van der Waals surface area (Å²) in [4.78, 5) is 23.0. The molecule has 1 aliphatic heterocycles. The molecule has 1 heterocycles. The number of aromatic carboxylic acids is 1. The number of anilines is 1. The summed E-state index contributed by atoms with van der Waals surface area (Å²) >= 11 is 0. The van der Waals surface area contributed by atoms with Crippen LogP contribution in [-0.4, -0.2) is 41.8 Å². The lowest BCUT2D eigenvalue weighted by Crippen LogP contribution is -2.42. The van der Waals surface area contributed by atoms with E-state index < -0.39 is 28.0 Å². The fourth-order valence-electron chi connectivity index (χ4n) is 2.30. The van der Waals surface area contributed by atoms with Gasteiger partial charge < -0.3 is 14.7 Å². The molecular formula is C13H15FN2O5. The summed E-state index contributed by atoms with van der Waals surface area (Å²) in [6.45, 7) is 3.11. The Labute approximate surface area is 120 Å². The molecule has 1 aromatic carbocycles. The number of morpholine rings is 1. The van der Waals surface area contributed by atoms with Crippen LogP contribution in [0.1, 0.15) is 23.7 Å². The third kappa shape index (κ3) is 3.10. The molecule has 1 fully saturated rings. The third-order valence-electron chi connectivity index (χ3n) is 3.43. The molecule has 0 amide bonds. The van der Waals surface area contributed by atoms with Gasteiger partial charge in [0.2, 0.25) is 0 Å². The molecule has 114 valence electrons. The number of ether oxygens (including phenoxy) is 1. The molecule has 1 aliphatic rings. The Morgan fingerprint density at radius 3 is 2.90 bits per heavy atom. The zero-order valence-corrected chi connectivity index (χ0v) is 11.4. The van der Waals surface area contributed by atoms with Crippen molar-refractivity contribution in [2.24, 2.45) is 0 Å². The molecule has 0 bridgehead atoms. The van der Waals surface area contributed by atoms with E-state index in [0.717, 1.165) is 12.5 Å². The maximum absolute atomic E-state index is 13.6. The van der Waals surface area contributed by atoms with E-state index in [4.69, 9.17) is 9.84 Å². The quantitative estimate of drug-likeness (QED) is 0.675. The highest BCUT2D eigenvalue weighted by atomic mass is 19.1. The van der Waals surface area contributed by atoms with Crippen LogP contribution in [0.3, 0.4) is 0 Å². The largest absolute Gasteiger partial charge is 0.478 e. The van der Waals surface area contributed by atoms with Crippen molar-refractivity contribution in [1.82, 2.24) is 0 Å². The third-order valence-corrected chi connectivity index (χ3v) is 3.43. The predicted octanol–water partition coefficient (Wildman–Crippen LogP) is 2.05. The number of hydrogen-bond donors (Lipinski definition) is 1. The van der Waals surface area contributed by atoms with Gasteiger partial charge in [-0.25, -0.2) is 9.18 Å². The van der Waals surface area contributed by atoms with E-state index >= 15 is 0 Å². The van der Waals surface area contributed by atoms with Gasteiger partial charge in [-0.2, -0.15) is 0 Å². The highest BCUT2D eigenvalue weighted by Crippen LogP contribution is 2.32. The molecule has 1 N–H and O–H groups in total. The predicted molar refractivity (Wildman–Crippen MR) is 72.3 cm³/mol. The van der Waals surface area contributed by atoms with Gasteiger partial charge in [0.15, 0.2) is 0 Å². The van der Waals surface area contributed by atoms with Gasteiger partial charge in [-0.3, -0.25) is 10.1 Å². The number of carboxylic acids is 1. The van der Waals surface area contributed by atoms with Gasteiger partial charge in [0.05, 0.1) is 29.3 Å². The number of nitro groups is 1. The van der Waals surface area contributed by atoms with E-state index in [0.29, 0.717) is 25.8 Å². The number of halogens is 1. The molecule has 1 unspecified atom stereocenters. The minimum Gasteiger partial charge on any atom is -0.478 e. The number of rotatable bonds is 4. The molecule has 1 atom stereocenters. The summed E-state index contributed by atoms with van der Waals surface area (Å²) in [5.74, 6) is -2.57. The lowest BCUT2D eigenvalue weighted by Gasteiger charge is -2.33. The van der Waals surface area contributed by atoms with Gasteiger partial charge in [-0.1, -0.05) is 6.92 Å². The number of nitro benzene ring substituents is 1. The van der Waals surface area contributed by atoms with E-state index in [1.54, 1.807) is 4.90 Å². The maximum Gasteiger partial charge on any atom is 0.338 e. The Morgan fingerprint density at radius 2 is 2.33 bits per heavy atom. The Hall–Kier alpha value is -2.22. The van der Waals surface area contributed by atoms with Crippen LogP contribution in [0.2, 0.25) is 0 Å². The molecule has 21 heavy (non-hydrogen) atoms. The van der Waals surface area contributed by atoms with E-state index in [1.807, 2.05) is 6.92 Å². The van der Waals surface area contributed by atoms with Gasteiger partial charge in [0.1, 0.15) is 11.5 Å².